The standard InChI is InChI=1S/C12H23N.2C2H6/c1-11-3-5-12(6-4-11)7-9-13(2)10-8-12;2*1-2/h11H,3-10H2,1-2H3;2*1-2H3. The molecule has 0 unspecified atom stereocenters. The van der Waals surface area contributed by atoms with E-state index in [9.17, 15) is 0 Å². The molecule has 1 aliphatic heterocycles. The van der Waals surface area contributed by atoms with Gasteiger partial charge in [-0.1, -0.05) is 47.5 Å². The van der Waals surface area contributed by atoms with Gasteiger partial charge in [-0.3, -0.25) is 0 Å². The number of rotatable bonds is 0. The third-order valence-corrected chi connectivity index (χ3v) is 4.38. The van der Waals surface area contributed by atoms with Crippen LogP contribution in [0.2, 0.25) is 0 Å². The topological polar surface area (TPSA) is 3.24 Å². The van der Waals surface area contributed by atoms with Crippen LogP contribution in [0.4, 0.5) is 0 Å². The molecule has 1 aliphatic carbocycles. The molecule has 2 aliphatic rings. The Bertz CT molecular complexity index is 137. The maximum absolute atomic E-state index is 2.49. The van der Waals surface area contributed by atoms with E-state index < -0.39 is 0 Å². The fourth-order valence-corrected chi connectivity index (χ4v) is 2.97. The van der Waals surface area contributed by atoms with Crippen LogP contribution < -0.4 is 0 Å². The van der Waals surface area contributed by atoms with Crippen molar-refractivity contribution in [2.45, 2.75) is 73.1 Å². The third-order valence-electron chi connectivity index (χ3n) is 4.38. The summed E-state index contributed by atoms with van der Waals surface area (Å²) in [4.78, 5) is 2.49. The Morgan fingerprint density at radius 1 is 0.824 bits per heavy atom. The number of piperidine rings is 1. The van der Waals surface area contributed by atoms with Crippen LogP contribution in [-0.4, -0.2) is 25.0 Å². The molecule has 1 saturated carbocycles. The van der Waals surface area contributed by atoms with Crippen molar-refractivity contribution in [3.8, 4) is 0 Å². The van der Waals surface area contributed by atoms with Gasteiger partial charge in [0.05, 0.1) is 0 Å². The molecule has 1 heterocycles. The number of hydrogen-bond donors (Lipinski definition) is 0. The second-order valence-corrected chi connectivity index (χ2v) is 5.49. The molecule has 0 amide bonds. The van der Waals surface area contributed by atoms with E-state index in [-0.39, 0.29) is 0 Å². The molecule has 0 aromatic rings. The highest BCUT2D eigenvalue weighted by Gasteiger charge is 2.36. The highest BCUT2D eigenvalue weighted by molar-refractivity contribution is 4.88. The predicted octanol–water partition coefficient (Wildman–Crippen LogP) is 4.96. The molecule has 104 valence electrons. The number of nitrogens with zero attached hydrogens (tertiary/aromatic N) is 1. The van der Waals surface area contributed by atoms with Crippen molar-refractivity contribution in [1.29, 1.82) is 0 Å². The van der Waals surface area contributed by atoms with Crippen molar-refractivity contribution >= 4 is 0 Å². The lowest BCUT2D eigenvalue weighted by atomic mass is 9.66. The van der Waals surface area contributed by atoms with E-state index in [0.717, 1.165) is 11.3 Å². The van der Waals surface area contributed by atoms with Gasteiger partial charge in [-0.15, -0.1) is 0 Å². The molecular weight excluding hydrogens is 206 g/mol. The van der Waals surface area contributed by atoms with Crippen LogP contribution in [-0.2, 0) is 0 Å². The quantitative estimate of drug-likeness (QED) is 0.579. The Hall–Kier alpha value is -0.0400. The van der Waals surface area contributed by atoms with E-state index in [2.05, 4.69) is 18.9 Å². The number of likely N-dealkylation sites (tertiary alicyclic amines) is 1. The fraction of sp³-hybridized carbons (Fsp3) is 1.00. The first-order valence-electron chi connectivity index (χ1n) is 7.89. The highest BCUT2D eigenvalue weighted by atomic mass is 15.1. The summed E-state index contributed by atoms with van der Waals surface area (Å²) in [5.41, 5.74) is 0.777. The van der Waals surface area contributed by atoms with Crippen LogP contribution in [0.3, 0.4) is 0 Å². The first kappa shape index (κ1) is 17.0. The van der Waals surface area contributed by atoms with Crippen molar-refractivity contribution in [1.82, 2.24) is 4.90 Å². The molecule has 1 spiro atoms. The molecule has 0 bridgehead atoms. The predicted molar refractivity (Wildman–Crippen MR) is 79.5 cm³/mol. The largest absolute Gasteiger partial charge is 0.306 e. The lowest BCUT2D eigenvalue weighted by Crippen LogP contribution is -2.39. The second-order valence-electron chi connectivity index (χ2n) is 5.49. The van der Waals surface area contributed by atoms with Crippen LogP contribution in [0.5, 0.6) is 0 Å². The molecule has 0 atom stereocenters. The van der Waals surface area contributed by atoms with Crippen molar-refractivity contribution < 1.29 is 0 Å². The second kappa shape index (κ2) is 8.97. The van der Waals surface area contributed by atoms with E-state index in [1.165, 1.54) is 51.6 Å². The summed E-state index contributed by atoms with van der Waals surface area (Å²) in [6.45, 7) is 13.1. The molecule has 0 aromatic heterocycles. The summed E-state index contributed by atoms with van der Waals surface area (Å²) < 4.78 is 0. The summed E-state index contributed by atoms with van der Waals surface area (Å²) in [6, 6.07) is 0. The van der Waals surface area contributed by atoms with Crippen molar-refractivity contribution in [2.75, 3.05) is 20.1 Å². The molecule has 1 saturated heterocycles. The van der Waals surface area contributed by atoms with Crippen LogP contribution >= 0.6 is 0 Å². The fourth-order valence-electron chi connectivity index (χ4n) is 2.97. The normalized spacial score (nSPS) is 24.4. The molecule has 0 aromatic carbocycles. The Morgan fingerprint density at radius 2 is 1.24 bits per heavy atom. The van der Waals surface area contributed by atoms with Gasteiger partial charge in [-0.05, 0) is 57.2 Å². The SMILES string of the molecule is CC.CC.CC1CCC2(CC1)CCN(C)CC2. The molecule has 1 heteroatoms. The minimum Gasteiger partial charge on any atom is -0.306 e. The van der Waals surface area contributed by atoms with Crippen molar-refractivity contribution in [3.05, 3.63) is 0 Å². The summed E-state index contributed by atoms with van der Waals surface area (Å²) in [6.07, 6.45) is 8.95. The number of hydrogen-bond acceptors (Lipinski definition) is 1. The monoisotopic (exact) mass is 241 g/mol. The van der Waals surface area contributed by atoms with Gasteiger partial charge in [0, 0.05) is 0 Å². The Balaban J connectivity index is 0.000000581. The smallest absolute Gasteiger partial charge is 0.00165 e. The zero-order valence-electron chi connectivity index (χ0n) is 13.2. The van der Waals surface area contributed by atoms with E-state index >= 15 is 0 Å². The van der Waals surface area contributed by atoms with E-state index in [4.69, 9.17) is 0 Å². The van der Waals surface area contributed by atoms with Crippen LogP contribution in [0.25, 0.3) is 0 Å². The van der Waals surface area contributed by atoms with Gasteiger partial charge in [0.15, 0.2) is 0 Å². The minimum absolute atomic E-state index is 0.777. The zero-order valence-corrected chi connectivity index (χ0v) is 13.2. The summed E-state index contributed by atoms with van der Waals surface area (Å²) in [5, 5.41) is 0. The van der Waals surface area contributed by atoms with Gasteiger partial charge in [-0.2, -0.15) is 0 Å². The summed E-state index contributed by atoms with van der Waals surface area (Å²) >= 11 is 0. The van der Waals surface area contributed by atoms with Gasteiger partial charge < -0.3 is 4.90 Å². The molecule has 2 rings (SSSR count). The lowest BCUT2D eigenvalue weighted by Gasteiger charge is -2.44. The van der Waals surface area contributed by atoms with Gasteiger partial charge in [-0.25, -0.2) is 0 Å². The molecule has 2 fully saturated rings. The molecule has 0 N–H and O–H groups in total. The summed E-state index contributed by atoms with van der Waals surface area (Å²) in [5.74, 6) is 1.00. The zero-order chi connectivity index (χ0) is 13.3. The maximum atomic E-state index is 2.49. The first-order valence-corrected chi connectivity index (χ1v) is 7.89. The first-order chi connectivity index (χ1) is 8.20. The van der Waals surface area contributed by atoms with Crippen LogP contribution in [0, 0.1) is 11.3 Å². The van der Waals surface area contributed by atoms with Crippen LogP contribution in [0.15, 0.2) is 0 Å². The highest BCUT2D eigenvalue weighted by Crippen LogP contribution is 2.45. The third kappa shape index (κ3) is 5.42. The van der Waals surface area contributed by atoms with Gasteiger partial charge in [0.25, 0.3) is 0 Å². The van der Waals surface area contributed by atoms with Crippen LogP contribution in [0.1, 0.15) is 73.1 Å². The molecular formula is C16H35N. The average Bonchev–Trinajstić information content (AvgIpc) is 2.42. The average molecular weight is 241 g/mol. The maximum Gasteiger partial charge on any atom is -0.00165 e. The lowest BCUT2D eigenvalue weighted by molar-refractivity contribution is 0.0658. The van der Waals surface area contributed by atoms with Gasteiger partial charge in [0.1, 0.15) is 0 Å². The molecule has 1 nitrogen and oxygen atoms in total. The van der Waals surface area contributed by atoms with E-state index in [0.29, 0.717) is 0 Å². The Labute approximate surface area is 110 Å². The Morgan fingerprint density at radius 3 is 1.65 bits per heavy atom. The van der Waals surface area contributed by atoms with Gasteiger partial charge in [0.2, 0.25) is 0 Å². The van der Waals surface area contributed by atoms with Crippen molar-refractivity contribution in [3.63, 3.8) is 0 Å². The Kier molecular flexibility index (Phi) is 8.94. The van der Waals surface area contributed by atoms with Crippen molar-refractivity contribution in [2.24, 2.45) is 11.3 Å². The van der Waals surface area contributed by atoms with E-state index in [1.54, 1.807) is 0 Å². The van der Waals surface area contributed by atoms with E-state index in [1.807, 2.05) is 27.7 Å². The van der Waals surface area contributed by atoms with Gasteiger partial charge >= 0.3 is 0 Å². The molecule has 0 radical (unpaired) electrons. The summed E-state index contributed by atoms with van der Waals surface area (Å²) in [7, 11) is 2.26. The minimum atomic E-state index is 0.777. The molecule has 17 heavy (non-hydrogen) atoms.